The molecule has 2 aromatic carbocycles. The smallest absolute Gasteiger partial charge is 0.262 e. The van der Waals surface area contributed by atoms with Crippen molar-refractivity contribution in [3.63, 3.8) is 0 Å². The van der Waals surface area contributed by atoms with Crippen LogP contribution in [0.25, 0.3) is 22.8 Å². The Balaban J connectivity index is 2.06. The molecule has 0 amide bonds. The van der Waals surface area contributed by atoms with E-state index >= 15 is 0 Å². The number of benzene rings is 2. The van der Waals surface area contributed by atoms with Crippen LogP contribution >= 0.6 is 34.8 Å². The van der Waals surface area contributed by atoms with Gasteiger partial charge < -0.3 is 9.26 Å². The molecule has 0 N–H and O–H groups in total. The molecule has 0 saturated carbocycles. The number of hydrogen-bond acceptors (Lipinski definition) is 4. The number of halogens is 3. The average Bonchev–Trinajstić information content (AvgIpc) is 2.96. The zero-order valence-corrected chi connectivity index (χ0v) is 13.6. The van der Waals surface area contributed by atoms with Gasteiger partial charge in [-0.1, -0.05) is 40.0 Å². The van der Waals surface area contributed by atoms with E-state index in [1.165, 1.54) is 0 Å². The minimum Gasteiger partial charge on any atom is -0.496 e. The van der Waals surface area contributed by atoms with E-state index in [0.29, 0.717) is 43.7 Å². The number of aromatic nitrogens is 2. The molecule has 1 heterocycles. The van der Waals surface area contributed by atoms with Gasteiger partial charge in [-0.3, -0.25) is 0 Å². The minimum atomic E-state index is 0.292. The maximum absolute atomic E-state index is 6.15. The van der Waals surface area contributed by atoms with Crippen molar-refractivity contribution in [2.24, 2.45) is 0 Å². The molecule has 0 aliphatic heterocycles. The largest absolute Gasteiger partial charge is 0.496 e. The van der Waals surface area contributed by atoms with Gasteiger partial charge in [-0.15, -0.1) is 0 Å². The predicted molar refractivity (Wildman–Crippen MR) is 86.8 cm³/mol. The second-order valence-corrected chi connectivity index (χ2v) is 5.67. The molecule has 22 heavy (non-hydrogen) atoms. The second kappa shape index (κ2) is 6.16. The quantitative estimate of drug-likeness (QED) is 0.633. The Bertz CT molecular complexity index is 833. The summed E-state index contributed by atoms with van der Waals surface area (Å²) in [6.07, 6.45) is 0. The van der Waals surface area contributed by atoms with Crippen LogP contribution in [0, 0.1) is 0 Å². The van der Waals surface area contributed by atoms with Crippen molar-refractivity contribution in [2.45, 2.75) is 0 Å². The number of nitrogens with zero attached hydrogens (tertiary/aromatic N) is 2. The first-order valence-electron chi connectivity index (χ1n) is 6.21. The van der Waals surface area contributed by atoms with Gasteiger partial charge in [0.05, 0.1) is 17.7 Å². The molecule has 1 aromatic heterocycles. The van der Waals surface area contributed by atoms with E-state index in [9.17, 15) is 0 Å². The Kier molecular flexibility index (Phi) is 4.25. The molecule has 0 bridgehead atoms. The third kappa shape index (κ3) is 2.90. The highest BCUT2D eigenvalue weighted by atomic mass is 35.5. The van der Waals surface area contributed by atoms with Crippen LogP contribution in [-0.2, 0) is 0 Å². The first kappa shape index (κ1) is 15.2. The molecule has 112 valence electrons. The Hall–Kier alpha value is -1.75. The summed E-state index contributed by atoms with van der Waals surface area (Å²) < 4.78 is 10.6. The third-order valence-corrected chi connectivity index (χ3v) is 3.77. The number of ether oxygens (including phenoxy) is 1. The fourth-order valence-corrected chi connectivity index (χ4v) is 2.63. The highest BCUT2D eigenvalue weighted by Gasteiger charge is 2.17. The molecule has 0 saturated heterocycles. The lowest BCUT2D eigenvalue weighted by molar-refractivity contribution is 0.405. The lowest BCUT2D eigenvalue weighted by Gasteiger charge is -2.04. The summed E-state index contributed by atoms with van der Waals surface area (Å²) >= 11 is 18.0. The molecular weight excluding hydrogens is 347 g/mol. The van der Waals surface area contributed by atoms with Crippen LogP contribution in [0.2, 0.25) is 15.1 Å². The number of hydrogen-bond donors (Lipinski definition) is 0. The zero-order chi connectivity index (χ0) is 15.7. The van der Waals surface area contributed by atoms with Crippen LogP contribution in [0.3, 0.4) is 0 Å². The molecule has 0 unspecified atom stereocenters. The summed E-state index contributed by atoms with van der Waals surface area (Å²) in [7, 11) is 1.56. The summed E-state index contributed by atoms with van der Waals surface area (Å²) in [6, 6.07) is 10.2. The van der Waals surface area contributed by atoms with Gasteiger partial charge in [0.15, 0.2) is 0 Å². The van der Waals surface area contributed by atoms with Crippen LogP contribution < -0.4 is 4.74 Å². The van der Waals surface area contributed by atoms with Crippen LogP contribution in [-0.4, -0.2) is 17.3 Å². The van der Waals surface area contributed by atoms with Crippen molar-refractivity contribution in [1.82, 2.24) is 10.1 Å². The number of methoxy groups -OCH3 is 1. The molecule has 3 aromatic rings. The normalized spacial score (nSPS) is 10.7. The van der Waals surface area contributed by atoms with E-state index in [4.69, 9.17) is 44.1 Å². The van der Waals surface area contributed by atoms with Gasteiger partial charge in [-0.25, -0.2) is 0 Å². The Labute approximate surface area is 141 Å². The molecule has 4 nitrogen and oxygen atoms in total. The van der Waals surface area contributed by atoms with Crippen molar-refractivity contribution >= 4 is 34.8 Å². The fourth-order valence-electron chi connectivity index (χ4n) is 1.96. The SMILES string of the molecule is COc1ccc(Cl)cc1-c1nc(-c2ccc(Cl)cc2Cl)no1. The van der Waals surface area contributed by atoms with E-state index in [-0.39, 0.29) is 0 Å². The fraction of sp³-hybridized carbons (Fsp3) is 0.0667. The zero-order valence-electron chi connectivity index (χ0n) is 11.3. The first-order valence-corrected chi connectivity index (χ1v) is 7.35. The van der Waals surface area contributed by atoms with Gasteiger partial charge in [-0.05, 0) is 36.4 Å². The molecular formula is C15H9Cl3N2O2. The molecule has 7 heteroatoms. The standard InChI is InChI=1S/C15H9Cl3N2O2/c1-21-13-5-3-8(16)6-11(13)15-19-14(20-22-15)10-4-2-9(17)7-12(10)18/h2-7H,1H3. The Morgan fingerprint density at radius 2 is 1.68 bits per heavy atom. The second-order valence-electron chi connectivity index (χ2n) is 4.39. The van der Waals surface area contributed by atoms with Gasteiger partial charge in [-0.2, -0.15) is 4.98 Å². The lowest BCUT2D eigenvalue weighted by Crippen LogP contribution is -1.88. The van der Waals surface area contributed by atoms with Crippen LogP contribution in [0.15, 0.2) is 40.9 Å². The van der Waals surface area contributed by atoms with Crippen LogP contribution in [0.4, 0.5) is 0 Å². The Morgan fingerprint density at radius 1 is 0.955 bits per heavy atom. The number of rotatable bonds is 3. The van der Waals surface area contributed by atoms with Crippen molar-refractivity contribution in [3.05, 3.63) is 51.5 Å². The predicted octanol–water partition coefficient (Wildman–Crippen LogP) is 5.37. The van der Waals surface area contributed by atoms with Crippen molar-refractivity contribution < 1.29 is 9.26 Å². The minimum absolute atomic E-state index is 0.292. The summed E-state index contributed by atoms with van der Waals surface area (Å²) in [5.41, 5.74) is 1.24. The van der Waals surface area contributed by atoms with Gasteiger partial charge in [0.25, 0.3) is 5.89 Å². The first-order chi connectivity index (χ1) is 10.6. The molecule has 0 atom stereocenters. The van der Waals surface area contributed by atoms with Crippen LogP contribution in [0.1, 0.15) is 0 Å². The molecule has 3 rings (SSSR count). The summed E-state index contributed by atoms with van der Waals surface area (Å²) in [4.78, 5) is 4.35. The molecule has 0 aliphatic carbocycles. The van der Waals surface area contributed by atoms with E-state index in [0.717, 1.165) is 0 Å². The van der Waals surface area contributed by atoms with Gasteiger partial charge in [0, 0.05) is 15.6 Å². The topological polar surface area (TPSA) is 48.2 Å². The molecule has 0 spiro atoms. The summed E-state index contributed by atoms with van der Waals surface area (Å²) in [5.74, 6) is 1.24. The third-order valence-electron chi connectivity index (χ3n) is 2.99. The molecule has 0 fully saturated rings. The van der Waals surface area contributed by atoms with E-state index in [1.807, 2.05) is 0 Å². The summed E-state index contributed by atoms with van der Waals surface area (Å²) in [5, 5.41) is 5.47. The van der Waals surface area contributed by atoms with E-state index in [2.05, 4.69) is 10.1 Å². The van der Waals surface area contributed by atoms with Gasteiger partial charge >= 0.3 is 0 Å². The van der Waals surface area contributed by atoms with Gasteiger partial charge in [0.1, 0.15) is 5.75 Å². The average molecular weight is 356 g/mol. The van der Waals surface area contributed by atoms with Crippen LogP contribution in [0.5, 0.6) is 5.75 Å². The van der Waals surface area contributed by atoms with E-state index < -0.39 is 0 Å². The van der Waals surface area contributed by atoms with Crippen molar-refractivity contribution in [2.75, 3.05) is 7.11 Å². The molecule has 0 aliphatic rings. The van der Waals surface area contributed by atoms with Gasteiger partial charge in [0.2, 0.25) is 5.82 Å². The monoisotopic (exact) mass is 354 g/mol. The van der Waals surface area contributed by atoms with Crippen molar-refractivity contribution in [1.29, 1.82) is 0 Å². The Morgan fingerprint density at radius 3 is 2.41 bits per heavy atom. The lowest BCUT2D eigenvalue weighted by atomic mass is 10.2. The summed E-state index contributed by atoms with van der Waals surface area (Å²) in [6.45, 7) is 0. The van der Waals surface area contributed by atoms with E-state index in [1.54, 1.807) is 43.5 Å². The maximum atomic E-state index is 6.15. The highest BCUT2D eigenvalue weighted by Crippen LogP contribution is 2.34. The molecule has 0 radical (unpaired) electrons. The van der Waals surface area contributed by atoms with Crippen molar-refractivity contribution in [3.8, 4) is 28.6 Å². The maximum Gasteiger partial charge on any atom is 0.262 e. The highest BCUT2D eigenvalue weighted by molar-refractivity contribution is 6.36.